The third-order valence-corrected chi connectivity index (χ3v) is 3.73. The molecule has 1 aromatic rings. The number of nitro groups is 1. The van der Waals surface area contributed by atoms with Crippen molar-refractivity contribution in [3.05, 3.63) is 34.4 Å². The number of nitro benzene ring substituents is 1. The minimum absolute atomic E-state index is 0.151. The Kier molecular flexibility index (Phi) is 4.86. The Labute approximate surface area is 104 Å². The molecule has 0 atom stereocenters. The van der Waals surface area contributed by atoms with Crippen LogP contribution in [0.5, 0.6) is 0 Å². The van der Waals surface area contributed by atoms with Crippen molar-refractivity contribution in [3.63, 3.8) is 0 Å². The molecule has 8 heteroatoms. The molecule has 1 N–H and O–H groups in total. The summed E-state index contributed by atoms with van der Waals surface area (Å²) >= 11 is 5.42. The highest BCUT2D eigenvalue weighted by molar-refractivity contribution is 7.89. The van der Waals surface area contributed by atoms with Gasteiger partial charge in [-0.3, -0.25) is 10.1 Å². The number of hydrogen-bond acceptors (Lipinski definition) is 4. The van der Waals surface area contributed by atoms with Gasteiger partial charge < -0.3 is 0 Å². The first kappa shape index (κ1) is 13.9. The number of nitrogens with one attached hydrogen (secondary N) is 1. The average Bonchev–Trinajstić information content (AvgIpc) is 2.29. The third-order valence-electron chi connectivity index (χ3n) is 1.95. The average molecular weight is 279 g/mol. The molecule has 0 aromatic heterocycles. The molecule has 0 aliphatic rings. The zero-order chi connectivity index (χ0) is 12.9. The van der Waals surface area contributed by atoms with E-state index in [1.165, 1.54) is 18.2 Å². The molecule has 17 heavy (non-hydrogen) atoms. The van der Waals surface area contributed by atoms with E-state index in [-0.39, 0.29) is 11.4 Å². The van der Waals surface area contributed by atoms with Gasteiger partial charge in [-0.2, -0.15) is 0 Å². The molecule has 0 heterocycles. The summed E-state index contributed by atoms with van der Waals surface area (Å²) in [4.78, 5) is 9.63. The fraction of sp³-hybridized carbons (Fsp3) is 0.333. The van der Waals surface area contributed by atoms with Crippen LogP contribution >= 0.6 is 11.6 Å². The number of sulfonamides is 1. The topological polar surface area (TPSA) is 89.3 Å². The SMILES string of the molecule is O=[N+]([O-])c1ccccc1S(=O)(=O)NCCCCl. The van der Waals surface area contributed by atoms with Crippen molar-refractivity contribution in [2.24, 2.45) is 0 Å². The van der Waals surface area contributed by atoms with Crippen molar-refractivity contribution in [2.45, 2.75) is 11.3 Å². The van der Waals surface area contributed by atoms with Gasteiger partial charge in [-0.1, -0.05) is 12.1 Å². The summed E-state index contributed by atoms with van der Waals surface area (Å²) < 4.78 is 25.8. The maximum absolute atomic E-state index is 11.8. The molecule has 1 aromatic carbocycles. The van der Waals surface area contributed by atoms with Gasteiger partial charge in [0.2, 0.25) is 10.0 Å². The van der Waals surface area contributed by atoms with Crippen LogP contribution in [0.25, 0.3) is 0 Å². The first-order valence-corrected chi connectivity index (χ1v) is 6.80. The molecule has 0 fully saturated rings. The molecule has 0 saturated heterocycles. The lowest BCUT2D eigenvalue weighted by Crippen LogP contribution is -2.25. The summed E-state index contributed by atoms with van der Waals surface area (Å²) in [5.41, 5.74) is -0.439. The Morgan fingerprint density at radius 3 is 2.59 bits per heavy atom. The fourth-order valence-corrected chi connectivity index (χ4v) is 2.56. The molecular weight excluding hydrogens is 268 g/mol. The Morgan fingerprint density at radius 2 is 2.00 bits per heavy atom. The highest BCUT2D eigenvalue weighted by Crippen LogP contribution is 2.22. The van der Waals surface area contributed by atoms with Crippen molar-refractivity contribution in [1.82, 2.24) is 4.72 Å². The second-order valence-electron chi connectivity index (χ2n) is 3.17. The maximum atomic E-state index is 11.8. The molecule has 0 aliphatic heterocycles. The van der Waals surface area contributed by atoms with E-state index >= 15 is 0 Å². The number of halogens is 1. The van der Waals surface area contributed by atoms with Crippen molar-refractivity contribution in [3.8, 4) is 0 Å². The van der Waals surface area contributed by atoms with Gasteiger partial charge in [-0.05, 0) is 12.5 Å². The summed E-state index contributed by atoms with van der Waals surface area (Å²) in [7, 11) is -3.86. The zero-order valence-corrected chi connectivity index (χ0v) is 10.4. The lowest BCUT2D eigenvalue weighted by atomic mass is 10.3. The first-order chi connectivity index (χ1) is 7.99. The van der Waals surface area contributed by atoms with Crippen LogP contribution in [0.4, 0.5) is 5.69 Å². The van der Waals surface area contributed by atoms with Crippen molar-refractivity contribution >= 4 is 27.3 Å². The van der Waals surface area contributed by atoms with Gasteiger partial charge in [0.25, 0.3) is 5.69 Å². The molecule has 0 saturated carbocycles. The van der Waals surface area contributed by atoms with E-state index < -0.39 is 20.6 Å². The Balaban J connectivity index is 3.02. The maximum Gasteiger partial charge on any atom is 0.289 e. The molecule has 6 nitrogen and oxygen atoms in total. The standard InChI is InChI=1S/C9H11ClN2O4S/c10-6-3-7-11-17(15,16)9-5-2-1-4-8(9)12(13)14/h1-2,4-5,11H,3,6-7H2. The number of alkyl halides is 1. The van der Waals surface area contributed by atoms with E-state index in [1.54, 1.807) is 0 Å². The Bertz CT molecular complexity index is 503. The molecular formula is C9H11ClN2O4S. The van der Waals surface area contributed by atoms with E-state index in [1.807, 2.05) is 0 Å². The summed E-state index contributed by atoms with van der Waals surface area (Å²) in [5.74, 6) is 0.319. The largest absolute Gasteiger partial charge is 0.289 e. The number of rotatable bonds is 6. The van der Waals surface area contributed by atoms with Crippen molar-refractivity contribution in [2.75, 3.05) is 12.4 Å². The van der Waals surface area contributed by atoms with Gasteiger partial charge in [-0.25, -0.2) is 13.1 Å². The molecule has 0 unspecified atom stereocenters. The molecule has 0 bridgehead atoms. The molecule has 94 valence electrons. The van der Waals surface area contributed by atoms with E-state index in [4.69, 9.17) is 11.6 Å². The molecule has 0 spiro atoms. The third kappa shape index (κ3) is 3.65. The molecule has 1 rings (SSSR count). The quantitative estimate of drug-likeness (QED) is 0.370. The van der Waals surface area contributed by atoms with Gasteiger partial charge in [0.1, 0.15) is 0 Å². The van der Waals surface area contributed by atoms with Crippen LogP contribution in [-0.2, 0) is 10.0 Å². The molecule has 0 amide bonds. The van der Waals surface area contributed by atoms with Gasteiger partial charge in [0, 0.05) is 18.5 Å². The second-order valence-corrected chi connectivity index (χ2v) is 5.28. The van der Waals surface area contributed by atoms with Crippen LogP contribution in [-0.4, -0.2) is 25.8 Å². The smallest absolute Gasteiger partial charge is 0.258 e. The van der Waals surface area contributed by atoms with E-state index in [9.17, 15) is 18.5 Å². The summed E-state index contributed by atoms with van der Waals surface area (Å²) in [6, 6.07) is 5.19. The van der Waals surface area contributed by atoms with Gasteiger partial charge >= 0.3 is 0 Å². The van der Waals surface area contributed by atoms with Gasteiger partial charge in [0.05, 0.1) is 4.92 Å². The first-order valence-electron chi connectivity index (χ1n) is 4.78. The lowest BCUT2D eigenvalue weighted by Gasteiger charge is -2.05. The van der Waals surface area contributed by atoms with Crippen LogP contribution in [0.15, 0.2) is 29.2 Å². The minimum Gasteiger partial charge on any atom is -0.258 e. The monoisotopic (exact) mass is 278 g/mol. The van der Waals surface area contributed by atoms with E-state index in [0.717, 1.165) is 6.07 Å². The van der Waals surface area contributed by atoms with Gasteiger partial charge in [-0.15, -0.1) is 11.6 Å². The fourth-order valence-electron chi connectivity index (χ4n) is 1.19. The predicted molar refractivity (Wildman–Crippen MR) is 63.6 cm³/mol. The van der Waals surface area contributed by atoms with Gasteiger partial charge in [0.15, 0.2) is 4.90 Å². The Morgan fingerprint density at radius 1 is 1.35 bits per heavy atom. The van der Waals surface area contributed by atoms with Crippen molar-refractivity contribution in [1.29, 1.82) is 0 Å². The number of benzene rings is 1. The summed E-state index contributed by atoms with van der Waals surface area (Å²) in [6.07, 6.45) is 0.460. The van der Waals surface area contributed by atoms with Crippen LogP contribution in [0, 0.1) is 10.1 Å². The summed E-state index contributed by atoms with van der Waals surface area (Å²) in [5, 5.41) is 10.7. The van der Waals surface area contributed by atoms with Crippen LogP contribution in [0.3, 0.4) is 0 Å². The van der Waals surface area contributed by atoms with Crippen LogP contribution < -0.4 is 4.72 Å². The van der Waals surface area contributed by atoms with Crippen LogP contribution in [0.2, 0.25) is 0 Å². The Hall–Kier alpha value is -1.18. The minimum atomic E-state index is -3.86. The second kappa shape index (κ2) is 5.95. The van der Waals surface area contributed by atoms with Crippen LogP contribution in [0.1, 0.15) is 6.42 Å². The number of hydrogen-bond donors (Lipinski definition) is 1. The normalized spacial score (nSPS) is 11.4. The molecule has 0 aliphatic carbocycles. The molecule has 0 radical (unpaired) electrons. The zero-order valence-electron chi connectivity index (χ0n) is 8.80. The number of nitrogens with zero attached hydrogens (tertiary/aromatic N) is 1. The van der Waals surface area contributed by atoms with E-state index in [2.05, 4.69) is 4.72 Å². The lowest BCUT2D eigenvalue weighted by molar-refractivity contribution is -0.387. The highest BCUT2D eigenvalue weighted by Gasteiger charge is 2.24. The van der Waals surface area contributed by atoms with E-state index in [0.29, 0.717) is 12.3 Å². The highest BCUT2D eigenvalue weighted by atomic mass is 35.5. The predicted octanol–water partition coefficient (Wildman–Crippen LogP) is 1.50. The summed E-state index contributed by atoms with van der Waals surface area (Å²) in [6.45, 7) is 0.151. The number of para-hydroxylation sites is 1. The van der Waals surface area contributed by atoms with Crippen molar-refractivity contribution < 1.29 is 13.3 Å².